The number of hydrogen-bond donors (Lipinski definition) is 1. The predicted molar refractivity (Wildman–Crippen MR) is 49.7 cm³/mol. The molecule has 1 aromatic carbocycles. The Kier molecular flexibility index (Phi) is 2.08. The molecule has 13 heavy (non-hydrogen) atoms. The summed E-state index contributed by atoms with van der Waals surface area (Å²) in [6, 6.07) is 3.19. The lowest BCUT2D eigenvalue weighted by molar-refractivity contribution is 0.319. The first-order valence-electron chi connectivity index (χ1n) is 4.45. The number of ether oxygens (including phenoxy) is 1. The van der Waals surface area contributed by atoms with Crippen LogP contribution in [-0.2, 0) is 0 Å². The Bertz CT molecular complexity index is 325. The van der Waals surface area contributed by atoms with Crippen LogP contribution in [0.2, 0.25) is 0 Å². The van der Waals surface area contributed by atoms with E-state index in [9.17, 15) is 4.39 Å². The molecule has 0 amide bonds. The zero-order valence-corrected chi connectivity index (χ0v) is 7.56. The third-order valence-electron chi connectivity index (χ3n) is 2.22. The van der Waals surface area contributed by atoms with Gasteiger partial charge in [0, 0.05) is 12.1 Å². The third kappa shape index (κ3) is 1.46. The summed E-state index contributed by atoms with van der Waals surface area (Å²) in [5.74, 6) is 0.458. The van der Waals surface area contributed by atoms with Gasteiger partial charge in [-0.3, -0.25) is 0 Å². The van der Waals surface area contributed by atoms with Crippen LogP contribution >= 0.6 is 0 Å². The summed E-state index contributed by atoms with van der Waals surface area (Å²) in [4.78, 5) is 0. The monoisotopic (exact) mass is 181 g/mol. The van der Waals surface area contributed by atoms with Crippen LogP contribution in [0.5, 0.6) is 5.75 Å². The second kappa shape index (κ2) is 3.24. The largest absolute Gasteiger partial charge is 0.491 e. The normalized spacial score (nSPS) is 15.2. The summed E-state index contributed by atoms with van der Waals surface area (Å²) in [5, 5.41) is 3.20. The highest BCUT2D eigenvalue weighted by Gasteiger charge is 2.13. The summed E-state index contributed by atoms with van der Waals surface area (Å²) < 4.78 is 18.6. The van der Waals surface area contributed by atoms with Gasteiger partial charge in [0.2, 0.25) is 0 Å². The molecular formula is C10H12FNO. The molecule has 0 unspecified atom stereocenters. The number of benzene rings is 1. The lowest BCUT2D eigenvalue weighted by Gasteiger charge is -2.10. The molecule has 0 saturated carbocycles. The van der Waals surface area contributed by atoms with Gasteiger partial charge in [-0.05, 0) is 25.5 Å². The lowest BCUT2D eigenvalue weighted by atomic mass is 10.2. The Balaban J connectivity index is 2.48. The second-order valence-corrected chi connectivity index (χ2v) is 3.18. The van der Waals surface area contributed by atoms with Gasteiger partial charge in [0.15, 0.2) is 0 Å². The van der Waals surface area contributed by atoms with Crippen LogP contribution in [0.15, 0.2) is 12.1 Å². The van der Waals surface area contributed by atoms with Crippen molar-refractivity contribution in [3.05, 3.63) is 23.5 Å². The van der Waals surface area contributed by atoms with Crippen molar-refractivity contribution in [1.82, 2.24) is 0 Å². The third-order valence-corrected chi connectivity index (χ3v) is 2.22. The van der Waals surface area contributed by atoms with Crippen molar-refractivity contribution in [3.63, 3.8) is 0 Å². The molecule has 0 aliphatic carbocycles. The number of fused-ring (bicyclic) bond motifs is 1. The molecule has 2 rings (SSSR count). The van der Waals surface area contributed by atoms with Gasteiger partial charge in [0.05, 0.1) is 12.3 Å². The van der Waals surface area contributed by atoms with Gasteiger partial charge in [0.25, 0.3) is 0 Å². The van der Waals surface area contributed by atoms with Crippen LogP contribution in [0.3, 0.4) is 0 Å². The van der Waals surface area contributed by atoms with E-state index >= 15 is 0 Å². The first-order chi connectivity index (χ1) is 6.29. The fourth-order valence-electron chi connectivity index (χ4n) is 1.46. The van der Waals surface area contributed by atoms with E-state index in [1.54, 1.807) is 13.0 Å². The topological polar surface area (TPSA) is 21.3 Å². The van der Waals surface area contributed by atoms with Crippen LogP contribution in [0.1, 0.15) is 12.0 Å². The van der Waals surface area contributed by atoms with E-state index in [-0.39, 0.29) is 5.82 Å². The maximum atomic E-state index is 13.1. The number of halogens is 1. The van der Waals surface area contributed by atoms with Gasteiger partial charge in [-0.1, -0.05) is 0 Å². The fourth-order valence-corrected chi connectivity index (χ4v) is 1.46. The highest BCUT2D eigenvalue weighted by Crippen LogP contribution is 2.31. The van der Waals surface area contributed by atoms with Crippen molar-refractivity contribution in [2.45, 2.75) is 13.3 Å². The van der Waals surface area contributed by atoms with Crippen LogP contribution < -0.4 is 10.1 Å². The highest BCUT2D eigenvalue weighted by molar-refractivity contribution is 5.60. The maximum absolute atomic E-state index is 13.1. The van der Waals surface area contributed by atoms with E-state index in [4.69, 9.17) is 4.74 Å². The Labute approximate surface area is 76.7 Å². The zero-order valence-electron chi connectivity index (χ0n) is 7.56. The van der Waals surface area contributed by atoms with Crippen molar-refractivity contribution in [2.24, 2.45) is 0 Å². The molecule has 70 valence electrons. The smallest absolute Gasteiger partial charge is 0.148 e. The zero-order chi connectivity index (χ0) is 9.26. The van der Waals surface area contributed by atoms with Gasteiger partial charge < -0.3 is 10.1 Å². The molecule has 3 heteroatoms. The maximum Gasteiger partial charge on any atom is 0.148 e. The van der Waals surface area contributed by atoms with E-state index in [2.05, 4.69) is 5.32 Å². The molecule has 0 bridgehead atoms. The molecule has 0 atom stereocenters. The van der Waals surface area contributed by atoms with E-state index in [1.165, 1.54) is 6.07 Å². The van der Waals surface area contributed by atoms with Gasteiger partial charge in [-0.25, -0.2) is 4.39 Å². The van der Waals surface area contributed by atoms with Crippen LogP contribution in [0, 0.1) is 12.7 Å². The average Bonchev–Trinajstić information content (AvgIpc) is 2.36. The molecule has 0 spiro atoms. The summed E-state index contributed by atoms with van der Waals surface area (Å²) in [7, 11) is 0. The van der Waals surface area contributed by atoms with Gasteiger partial charge in [-0.15, -0.1) is 0 Å². The molecule has 1 aromatic rings. The number of rotatable bonds is 0. The molecule has 0 saturated heterocycles. The molecule has 1 heterocycles. The van der Waals surface area contributed by atoms with Crippen LogP contribution in [0.4, 0.5) is 10.1 Å². The molecular weight excluding hydrogens is 169 g/mol. The van der Waals surface area contributed by atoms with E-state index in [1.807, 2.05) is 0 Å². The molecule has 2 nitrogen and oxygen atoms in total. The highest BCUT2D eigenvalue weighted by atomic mass is 19.1. The number of nitrogens with one attached hydrogen (secondary N) is 1. The van der Waals surface area contributed by atoms with Crippen molar-refractivity contribution in [3.8, 4) is 5.75 Å². The predicted octanol–water partition coefficient (Wildman–Crippen LogP) is 2.33. The van der Waals surface area contributed by atoms with E-state index in [0.717, 1.165) is 18.7 Å². The molecule has 1 aliphatic rings. The molecule has 0 radical (unpaired) electrons. The van der Waals surface area contributed by atoms with Gasteiger partial charge >= 0.3 is 0 Å². The first-order valence-corrected chi connectivity index (χ1v) is 4.45. The van der Waals surface area contributed by atoms with Crippen LogP contribution in [-0.4, -0.2) is 13.2 Å². The summed E-state index contributed by atoms with van der Waals surface area (Å²) in [6.45, 7) is 3.28. The summed E-state index contributed by atoms with van der Waals surface area (Å²) in [5.41, 5.74) is 1.49. The number of anilines is 1. The minimum Gasteiger partial charge on any atom is -0.491 e. The van der Waals surface area contributed by atoms with Gasteiger partial charge in [-0.2, -0.15) is 0 Å². The molecule has 1 aliphatic heterocycles. The average molecular weight is 181 g/mol. The van der Waals surface area contributed by atoms with Crippen LogP contribution in [0.25, 0.3) is 0 Å². The molecule has 0 fully saturated rings. The second-order valence-electron chi connectivity index (χ2n) is 3.18. The van der Waals surface area contributed by atoms with Gasteiger partial charge in [0.1, 0.15) is 11.6 Å². The first kappa shape index (κ1) is 8.35. The standard InChI is InChI=1S/C10H12FNO/c1-7-8(11)3-4-9-10(7)13-6-2-5-12-9/h3-4,12H,2,5-6H2,1H3. The SMILES string of the molecule is Cc1c(F)ccc2c1OCCCN2. The Morgan fingerprint density at radius 1 is 1.46 bits per heavy atom. The Morgan fingerprint density at radius 2 is 2.31 bits per heavy atom. The summed E-state index contributed by atoms with van der Waals surface area (Å²) >= 11 is 0. The molecule has 1 N–H and O–H groups in total. The molecule has 0 aromatic heterocycles. The summed E-state index contributed by atoms with van der Waals surface area (Å²) in [6.07, 6.45) is 0.954. The Morgan fingerprint density at radius 3 is 3.15 bits per heavy atom. The fraction of sp³-hybridized carbons (Fsp3) is 0.400. The van der Waals surface area contributed by atoms with Crippen molar-refractivity contribution in [2.75, 3.05) is 18.5 Å². The minimum absolute atomic E-state index is 0.206. The number of hydrogen-bond acceptors (Lipinski definition) is 2. The van der Waals surface area contributed by atoms with E-state index in [0.29, 0.717) is 17.9 Å². The lowest BCUT2D eigenvalue weighted by Crippen LogP contribution is -1.99. The van der Waals surface area contributed by atoms with Crippen molar-refractivity contribution < 1.29 is 9.13 Å². The Hall–Kier alpha value is -1.25. The van der Waals surface area contributed by atoms with Crippen molar-refractivity contribution >= 4 is 5.69 Å². The minimum atomic E-state index is -0.206. The van der Waals surface area contributed by atoms with E-state index < -0.39 is 0 Å². The quantitative estimate of drug-likeness (QED) is 0.663. The van der Waals surface area contributed by atoms with Crippen molar-refractivity contribution in [1.29, 1.82) is 0 Å².